The summed E-state index contributed by atoms with van der Waals surface area (Å²) in [7, 11) is 0. The van der Waals surface area contributed by atoms with Crippen LogP contribution in [-0.2, 0) is 11.3 Å². The quantitative estimate of drug-likeness (QED) is 0.813. The number of nitrogens with one attached hydrogen (secondary N) is 1. The average molecular weight is 290 g/mol. The maximum Gasteiger partial charge on any atom is 0.237 e. The second kappa shape index (κ2) is 7.21. The molecule has 1 saturated heterocycles. The van der Waals surface area contributed by atoms with Crippen LogP contribution in [0.15, 0.2) is 18.2 Å². The topological polar surface area (TPSA) is 52.6 Å². The van der Waals surface area contributed by atoms with Crippen molar-refractivity contribution < 1.29 is 14.3 Å². The maximum atomic E-state index is 13.3. The molecule has 112 valence electrons. The van der Waals surface area contributed by atoms with Gasteiger partial charge < -0.3 is 10.4 Å². The van der Waals surface area contributed by atoms with E-state index in [1.165, 1.54) is 12.1 Å². The van der Waals surface area contributed by atoms with Gasteiger partial charge in [-0.2, -0.15) is 0 Å². The summed E-state index contributed by atoms with van der Waals surface area (Å²) in [6, 6.07) is 4.28. The van der Waals surface area contributed by atoms with E-state index in [9.17, 15) is 9.18 Å². The molecule has 0 saturated carbocycles. The average Bonchev–Trinajstić information content (AvgIpc) is 2.47. The lowest BCUT2D eigenvalue weighted by Crippen LogP contribution is -2.54. The number of halogens is 1. The molecule has 2 N–H and O–H groups in total. The highest BCUT2D eigenvalue weighted by Crippen LogP contribution is 2.17. The molecule has 1 atom stereocenters. The van der Waals surface area contributed by atoms with Gasteiger partial charge in [0.15, 0.2) is 0 Å². The highest BCUT2D eigenvalue weighted by atomic mass is 19.1. The third-order valence-corrected chi connectivity index (χ3v) is 3.58. The number of piperazine rings is 1. The van der Waals surface area contributed by atoms with Gasteiger partial charge in [0, 0.05) is 25.2 Å². The standard InChI is InChI=1S/C16H19FN2O2/c1-2-15-16(21)18-7-8-19(15)11-13-5-6-14(17)10-12(13)4-3-9-20/h5-6,10,15,20H,2,7-9,11H2,1H3,(H,18,21). The lowest BCUT2D eigenvalue weighted by Gasteiger charge is -2.34. The SMILES string of the molecule is CCC1C(=O)NCCN1Cc1ccc(F)cc1C#CCO. The first kappa shape index (κ1) is 15.5. The van der Waals surface area contributed by atoms with Crippen molar-refractivity contribution in [3.63, 3.8) is 0 Å². The van der Waals surface area contributed by atoms with Crippen molar-refractivity contribution in [1.29, 1.82) is 0 Å². The number of hydrogen-bond donors (Lipinski definition) is 2. The lowest BCUT2D eigenvalue weighted by atomic mass is 10.0. The van der Waals surface area contributed by atoms with Gasteiger partial charge >= 0.3 is 0 Å². The summed E-state index contributed by atoms with van der Waals surface area (Å²) in [4.78, 5) is 13.9. The van der Waals surface area contributed by atoms with Crippen molar-refractivity contribution in [1.82, 2.24) is 10.2 Å². The number of rotatable bonds is 3. The Labute approximate surface area is 124 Å². The van der Waals surface area contributed by atoms with Crippen molar-refractivity contribution in [2.24, 2.45) is 0 Å². The highest BCUT2D eigenvalue weighted by molar-refractivity contribution is 5.82. The van der Waals surface area contributed by atoms with E-state index in [0.29, 0.717) is 18.7 Å². The summed E-state index contributed by atoms with van der Waals surface area (Å²) >= 11 is 0. The Balaban J connectivity index is 2.23. The highest BCUT2D eigenvalue weighted by Gasteiger charge is 2.28. The number of aliphatic hydroxyl groups excluding tert-OH is 1. The largest absolute Gasteiger partial charge is 0.384 e. The van der Waals surface area contributed by atoms with Gasteiger partial charge in [-0.25, -0.2) is 4.39 Å². The van der Waals surface area contributed by atoms with Crippen LogP contribution >= 0.6 is 0 Å². The van der Waals surface area contributed by atoms with Gasteiger partial charge in [-0.3, -0.25) is 9.69 Å². The molecule has 1 amide bonds. The molecule has 0 radical (unpaired) electrons. The smallest absolute Gasteiger partial charge is 0.237 e. The molecule has 4 nitrogen and oxygen atoms in total. The minimum atomic E-state index is -0.357. The zero-order chi connectivity index (χ0) is 15.2. The van der Waals surface area contributed by atoms with Gasteiger partial charge in [0.25, 0.3) is 0 Å². The number of hydrogen-bond acceptors (Lipinski definition) is 3. The van der Waals surface area contributed by atoms with Gasteiger partial charge in [0.2, 0.25) is 5.91 Å². The van der Waals surface area contributed by atoms with Crippen molar-refractivity contribution >= 4 is 5.91 Å². The monoisotopic (exact) mass is 290 g/mol. The van der Waals surface area contributed by atoms with Crippen molar-refractivity contribution in [2.45, 2.75) is 25.9 Å². The molecule has 21 heavy (non-hydrogen) atoms. The van der Waals surface area contributed by atoms with Crippen molar-refractivity contribution in [3.8, 4) is 11.8 Å². The molecular weight excluding hydrogens is 271 g/mol. The third kappa shape index (κ3) is 3.81. The van der Waals surface area contributed by atoms with Gasteiger partial charge in [0.05, 0.1) is 6.04 Å². The predicted octanol–water partition coefficient (Wildman–Crippen LogP) is 0.880. The van der Waals surface area contributed by atoms with Crippen LogP contribution in [0.25, 0.3) is 0 Å². The zero-order valence-corrected chi connectivity index (χ0v) is 12.0. The van der Waals surface area contributed by atoms with Crippen molar-refractivity contribution in [3.05, 3.63) is 35.1 Å². The minimum absolute atomic E-state index is 0.0360. The van der Waals surface area contributed by atoms with Gasteiger partial charge in [-0.15, -0.1) is 0 Å². The predicted molar refractivity (Wildman–Crippen MR) is 77.9 cm³/mol. The molecule has 1 aliphatic rings. The van der Waals surface area contributed by atoms with E-state index in [4.69, 9.17) is 5.11 Å². The molecule has 0 bridgehead atoms. The van der Waals surface area contributed by atoms with Crippen LogP contribution in [0, 0.1) is 17.7 Å². The molecule has 1 fully saturated rings. The first-order valence-corrected chi connectivity index (χ1v) is 7.05. The van der Waals surface area contributed by atoms with E-state index in [1.54, 1.807) is 6.07 Å². The Kier molecular flexibility index (Phi) is 5.32. The summed E-state index contributed by atoms with van der Waals surface area (Å²) in [5.41, 5.74) is 1.43. The number of carbonyl (C=O) groups is 1. The Morgan fingerprint density at radius 3 is 3.05 bits per heavy atom. The molecule has 0 aromatic heterocycles. The van der Waals surface area contributed by atoms with Gasteiger partial charge in [0.1, 0.15) is 12.4 Å². The molecule has 1 aromatic rings. The van der Waals surface area contributed by atoms with E-state index < -0.39 is 0 Å². The summed E-state index contributed by atoms with van der Waals surface area (Å²) < 4.78 is 13.3. The molecule has 5 heteroatoms. The second-order valence-corrected chi connectivity index (χ2v) is 4.95. The Hall–Kier alpha value is -1.90. The van der Waals surface area contributed by atoms with Crippen LogP contribution in [0.4, 0.5) is 4.39 Å². The fourth-order valence-electron chi connectivity index (χ4n) is 2.55. The van der Waals surface area contributed by atoms with Crippen molar-refractivity contribution in [2.75, 3.05) is 19.7 Å². The third-order valence-electron chi connectivity index (χ3n) is 3.58. The molecule has 0 aliphatic carbocycles. The zero-order valence-electron chi connectivity index (χ0n) is 12.0. The lowest BCUT2D eigenvalue weighted by molar-refractivity contribution is -0.129. The molecule has 1 heterocycles. The Morgan fingerprint density at radius 1 is 1.52 bits per heavy atom. The molecule has 1 unspecified atom stereocenters. The van der Waals surface area contributed by atoms with E-state index in [1.807, 2.05) is 6.92 Å². The van der Waals surface area contributed by atoms with Crippen LogP contribution in [0.2, 0.25) is 0 Å². The number of benzene rings is 1. The number of aliphatic hydroxyl groups is 1. The normalized spacial score (nSPS) is 18.8. The maximum absolute atomic E-state index is 13.3. The molecule has 1 aliphatic heterocycles. The van der Waals surface area contributed by atoms with Crippen LogP contribution < -0.4 is 5.32 Å². The molecule has 2 rings (SSSR count). The number of nitrogens with zero attached hydrogens (tertiary/aromatic N) is 1. The summed E-state index contributed by atoms with van der Waals surface area (Å²) in [6.07, 6.45) is 0.727. The molecular formula is C16H19FN2O2. The summed E-state index contributed by atoms with van der Waals surface area (Å²) in [6.45, 7) is 3.63. The van der Waals surface area contributed by atoms with Crippen LogP contribution in [0.5, 0.6) is 0 Å². The van der Waals surface area contributed by atoms with Gasteiger partial charge in [-0.1, -0.05) is 24.8 Å². The van der Waals surface area contributed by atoms with E-state index in [-0.39, 0.29) is 24.4 Å². The summed E-state index contributed by atoms with van der Waals surface area (Å²) in [5, 5.41) is 11.6. The minimum Gasteiger partial charge on any atom is -0.384 e. The first-order valence-electron chi connectivity index (χ1n) is 7.05. The number of carbonyl (C=O) groups excluding carboxylic acids is 1. The second-order valence-electron chi connectivity index (χ2n) is 4.95. The Bertz CT molecular complexity index is 577. The fourth-order valence-corrected chi connectivity index (χ4v) is 2.55. The van der Waals surface area contributed by atoms with Crippen LogP contribution in [0.1, 0.15) is 24.5 Å². The van der Waals surface area contributed by atoms with Gasteiger partial charge in [-0.05, 0) is 24.1 Å². The van der Waals surface area contributed by atoms with Crippen LogP contribution in [0.3, 0.4) is 0 Å². The first-order chi connectivity index (χ1) is 10.2. The molecule has 0 spiro atoms. The Morgan fingerprint density at radius 2 is 2.33 bits per heavy atom. The van der Waals surface area contributed by atoms with E-state index >= 15 is 0 Å². The van der Waals surface area contributed by atoms with Crippen LogP contribution in [-0.4, -0.2) is 41.7 Å². The summed E-state index contributed by atoms with van der Waals surface area (Å²) in [5.74, 6) is 4.99. The molecule has 1 aromatic carbocycles. The van der Waals surface area contributed by atoms with E-state index in [2.05, 4.69) is 22.1 Å². The van der Waals surface area contributed by atoms with E-state index in [0.717, 1.165) is 18.5 Å². The number of amides is 1. The fraction of sp³-hybridized carbons (Fsp3) is 0.438.